The smallest absolute Gasteiger partial charge is 0.104 e. The molecule has 0 amide bonds. The van der Waals surface area contributed by atoms with Crippen LogP contribution in [0.2, 0.25) is 0 Å². The fourth-order valence-corrected chi connectivity index (χ4v) is 2.02. The summed E-state index contributed by atoms with van der Waals surface area (Å²) in [4.78, 5) is 0. The Balaban J connectivity index is 5.04. The second-order valence-electron chi connectivity index (χ2n) is 3.43. The molecule has 0 unspecified atom stereocenters. The summed E-state index contributed by atoms with van der Waals surface area (Å²) in [5.74, 6) is -0.383. The molecule has 5 heteroatoms. The van der Waals surface area contributed by atoms with Gasteiger partial charge in [-0.05, 0) is 39.0 Å². The molecule has 0 saturated heterocycles. The third-order valence-electron chi connectivity index (χ3n) is 2.01. The zero-order valence-electron chi connectivity index (χ0n) is 9.96. The molecule has 0 radical (unpaired) electrons. The fourth-order valence-electron chi connectivity index (χ4n) is 1.48. The molecule has 4 nitrogen and oxygen atoms in total. The lowest BCUT2D eigenvalue weighted by atomic mass is 10.4. The number of hydrogen-bond acceptors (Lipinski definition) is 3. The van der Waals surface area contributed by atoms with E-state index in [2.05, 4.69) is 0 Å². The first-order valence-electron chi connectivity index (χ1n) is 5.11. The Hall–Kier alpha value is -0.910. The zero-order chi connectivity index (χ0) is 12.7. The van der Waals surface area contributed by atoms with E-state index in [-0.39, 0.29) is 16.8 Å². The van der Waals surface area contributed by atoms with E-state index in [1.807, 2.05) is 57.6 Å². The minimum absolute atomic E-state index is 0.213. The molecule has 0 saturated carbocycles. The van der Waals surface area contributed by atoms with Crippen molar-refractivity contribution in [2.24, 2.45) is 0 Å². The summed E-state index contributed by atoms with van der Waals surface area (Å²) in [6, 6.07) is 0. The van der Waals surface area contributed by atoms with E-state index in [4.69, 9.17) is 0 Å². The molecule has 0 aliphatic heterocycles. The van der Waals surface area contributed by atoms with Crippen molar-refractivity contribution in [2.45, 2.75) is 20.8 Å². The highest BCUT2D eigenvalue weighted by atomic mass is 32.2. The summed E-state index contributed by atoms with van der Waals surface area (Å²) in [6.07, 6.45) is 11.0. The molecule has 0 aliphatic rings. The van der Waals surface area contributed by atoms with E-state index in [9.17, 15) is 13.0 Å². The lowest BCUT2D eigenvalue weighted by Crippen LogP contribution is -2.35. The van der Waals surface area contributed by atoms with Crippen molar-refractivity contribution >= 4 is 10.1 Å². The van der Waals surface area contributed by atoms with E-state index in [0.29, 0.717) is 0 Å². The van der Waals surface area contributed by atoms with Crippen LogP contribution in [0.25, 0.3) is 0 Å². The number of nitrogens with zero attached hydrogens (tertiary/aromatic N) is 1. The molecule has 0 spiro atoms. The first-order chi connectivity index (χ1) is 7.39. The Morgan fingerprint density at radius 1 is 1.00 bits per heavy atom. The average Bonchev–Trinajstić information content (AvgIpc) is 2.15. The molecule has 0 atom stereocenters. The normalized spacial score (nSPS) is 14.5. The van der Waals surface area contributed by atoms with Crippen LogP contribution < -0.4 is 0 Å². The molecule has 16 heavy (non-hydrogen) atoms. The Labute approximate surface area is 97.9 Å². The number of hydrogen-bond donors (Lipinski definition) is 0. The van der Waals surface area contributed by atoms with Crippen LogP contribution in [0.15, 0.2) is 36.8 Å². The van der Waals surface area contributed by atoms with Gasteiger partial charge >= 0.3 is 0 Å². The van der Waals surface area contributed by atoms with Gasteiger partial charge in [-0.2, -0.15) is 0 Å². The molecular weight excluding hydrogens is 226 g/mol. The van der Waals surface area contributed by atoms with Gasteiger partial charge in [-0.25, -0.2) is 12.9 Å². The standard InChI is InChI=1S/C11H19NO3S/c1-4-7-12(8-5-2,9-6-3)10-11-16(13,14)15/h4-9H,10-11H2,1-3H3/b7-4+,8-5+,9-6+. The Morgan fingerprint density at radius 3 is 1.62 bits per heavy atom. The van der Waals surface area contributed by atoms with Crippen molar-refractivity contribution in [1.82, 2.24) is 0 Å². The Kier molecular flexibility index (Phi) is 6.25. The van der Waals surface area contributed by atoms with Gasteiger partial charge in [0.15, 0.2) is 0 Å². The largest absolute Gasteiger partial charge is 0.748 e. The third kappa shape index (κ3) is 5.85. The molecule has 0 aromatic carbocycles. The number of allylic oxidation sites excluding steroid dienone is 3. The molecule has 0 rings (SSSR count). The minimum Gasteiger partial charge on any atom is -0.748 e. The summed E-state index contributed by atoms with van der Waals surface area (Å²) in [6.45, 7) is 5.77. The molecule has 0 bridgehead atoms. The summed E-state index contributed by atoms with van der Waals surface area (Å²) in [5, 5.41) is 0. The van der Waals surface area contributed by atoms with E-state index in [0.717, 1.165) is 0 Å². The van der Waals surface area contributed by atoms with E-state index in [1.54, 1.807) is 0 Å². The highest BCUT2D eigenvalue weighted by Crippen LogP contribution is 2.12. The van der Waals surface area contributed by atoms with Gasteiger partial charge in [0, 0.05) is 0 Å². The van der Waals surface area contributed by atoms with Gasteiger partial charge in [-0.3, -0.25) is 0 Å². The van der Waals surface area contributed by atoms with E-state index >= 15 is 0 Å². The molecule has 0 aromatic heterocycles. The van der Waals surface area contributed by atoms with Gasteiger partial charge in [-0.15, -0.1) is 0 Å². The van der Waals surface area contributed by atoms with Crippen molar-refractivity contribution in [3.8, 4) is 0 Å². The van der Waals surface area contributed by atoms with Gasteiger partial charge in [-0.1, -0.05) is 0 Å². The van der Waals surface area contributed by atoms with Crippen LogP contribution in [-0.4, -0.2) is 29.8 Å². The summed E-state index contributed by atoms with van der Waals surface area (Å²) < 4.78 is 32.2. The highest BCUT2D eigenvalue weighted by Gasteiger charge is 2.19. The first kappa shape index (κ1) is 15.1. The summed E-state index contributed by atoms with van der Waals surface area (Å²) in [5.41, 5.74) is 0. The van der Waals surface area contributed by atoms with Gasteiger partial charge in [0.1, 0.15) is 35.3 Å². The van der Waals surface area contributed by atoms with Crippen molar-refractivity contribution in [2.75, 3.05) is 12.3 Å². The monoisotopic (exact) mass is 245 g/mol. The number of quaternary nitrogens is 1. The predicted octanol–water partition coefficient (Wildman–Crippen LogP) is 1.95. The molecule has 0 aromatic rings. The van der Waals surface area contributed by atoms with Crippen molar-refractivity contribution in [3.05, 3.63) is 36.8 Å². The summed E-state index contributed by atoms with van der Waals surface area (Å²) >= 11 is 0. The fraction of sp³-hybridized carbons (Fsp3) is 0.455. The van der Waals surface area contributed by atoms with E-state index < -0.39 is 10.1 Å². The predicted molar refractivity (Wildman–Crippen MR) is 64.1 cm³/mol. The molecule has 0 fully saturated rings. The van der Waals surface area contributed by atoms with Crippen molar-refractivity contribution in [3.63, 3.8) is 0 Å². The van der Waals surface area contributed by atoms with Gasteiger partial charge < -0.3 is 4.55 Å². The Bertz CT molecular complexity index is 349. The molecule has 0 aliphatic carbocycles. The van der Waals surface area contributed by atoms with Crippen LogP contribution in [0.5, 0.6) is 0 Å². The minimum atomic E-state index is -4.18. The number of rotatable bonds is 6. The lowest BCUT2D eigenvalue weighted by Gasteiger charge is -2.26. The Morgan fingerprint density at radius 2 is 1.38 bits per heavy atom. The topological polar surface area (TPSA) is 57.2 Å². The SMILES string of the molecule is C/C=C/[N+](/C=C/C)(/C=C/C)CCS(=O)(=O)[O-]. The average molecular weight is 245 g/mol. The maximum absolute atomic E-state index is 10.7. The quantitative estimate of drug-likeness (QED) is 0.531. The van der Waals surface area contributed by atoms with Gasteiger partial charge in [0.2, 0.25) is 0 Å². The van der Waals surface area contributed by atoms with Crippen molar-refractivity contribution < 1.29 is 17.5 Å². The molecular formula is C11H19NO3S. The molecule has 0 N–H and O–H groups in total. The molecule has 0 heterocycles. The maximum Gasteiger partial charge on any atom is 0.104 e. The van der Waals surface area contributed by atoms with Crippen LogP contribution in [0.3, 0.4) is 0 Å². The molecule has 92 valence electrons. The first-order valence-corrected chi connectivity index (χ1v) is 6.69. The third-order valence-corrected chi connectivity index (χ3v) is 2.69. The second kappa shape index (κ2) is 6.62. The van der Waals surface area contributed by atoms with Gasteiger partial charge in [0.25, 0.3) is 0 Å². The lowest BCUT2D eigenvalue weighted by molar-refractivity contribution is -0.770. The zero-order valence-corrected chi connectivity index (χ0v) is 10.8. The maximum atomic E-state index is 10.7. The van der Waals surface area contributed by atoms with Crippen LogP contribution in [-0.2, 0) is 10.1 Å². The summed E-state index contributed by atoms with van der Waals surface area (Å²) in [7, 11) is -4.18. The second-order valence-corrected chi connectivity index (χ2v) is 4.95. The van der Waals surface area contributed by atoms with Crippen LogP contribution in [0.1, 0.15) is 20.8 Å². The van der Waals surface area contributed by atoms with Crippen molar-refractivity contribution in [1.29, 1.82) is 0 Å². The van der Waals surface area contributed by atoms with Crippen LogP contribution >= 0.6 is 0 Å². The van der Waals surface area contributed by atoms with Gasteiger partial charge in [0.05, 0.1) is 5.75 Å². The van der Waals surface area contributed by atoms with Crippen LogP contribution in [0, 0.1) is 0 Å². The highest BCUT2D eigenvalue weighted by molar-refractivity contribution is 7.85. The van der Waals surface area contributed by atoms with Crippen LogP contribution in [0.4, 0.5) is 0 Å². The van der Waals surface area contributed by atoms with E-state index in [1.165, 1.54) is 0 Å².